The Kier molecular flexibility index (Phi) is 3.76. The van der Waals surface area contributed by atoms with Crippen molar-refractivity contribution in [3.05, 3.63) is 58.9 Å². The van der Waals surface area contributed by atoms with Crippen LogP contribution in [0.25, 0.3) is 0 Å². The van der Waals surface area contributed by atoms with E-state index in [1.165, 1.54) is 12.1 Å². The Morgan fingerprint density at radius 1 is 1.35 bits per heavy atom. The van der Waals surface area contributed by atoms with Gasteiger partial charge in [-0.2, -0.15) is 17.6 Å². The lowest BCUT2D eigenvalue weighted by Gasteiger charge is -2.19. The number of allylic oxidation sites excluding steroid dienone is 1. The van der Waals surface area contributed by atoms with Gasteiger partial charge >= 0.3 is 6.18 Å². The number of nitrogens with zero attached hydrogens (tertiary/aromatic N) is 1. The summed E-state index contributed by atoms with van der Waals surface area (Å²) >= 11 is 0.735. The van der Waals surface area contributed by atoms with Crippen LogP contribution in [-0.2, 0) is 6.18 Å². The second-order valence-electron chi connectivity index (χ2n) is 3.83. The van der Waals surface area contributed by atoms with Crippen LogP contribution in [0.4, 0.5) is 17.6 Å². The minimum Gasteiger partial charge on any atom is -0.398 e. The second-order valence-corrected chi connectivity index (χ2v) is 4.88. The summed E-state index contributed by atoms with van der Waals surface area (Å²) in [7, 11) is 0. The number of nitrogens with one attached hydrogen (secondary N) is 1. The van der Waals surface area contributed by atoms with Crippen LogP contribution in [0.3, 0.4) is 0 Å². The van der Waals surface area contributed by atoms with Crippen LogP contribution >= 0.6 is 11.8 Å². The van der Waals surface area contributed by atoms with Gasteiger partial charge in [-0.1, -0.05) is 18.3 Å². The van der Waals surface area contributed by atoms with Crippen molar-refractivity contribution in [3.63, 3.8) is 0 Å². The molecule has 2 heterocycles. The summed E-state index contributed by atoms with van der Waals surface area (Å²) in [6.45, 7) is 3.53. The van der Waals surface area contributed by atoms with E-state index in [1.807, 2.05) is 0 Å². The Hall–Kier alpha value is -1.96. The molecule has 0 aromatic carbocycles. The van der Waals surface area contributed by atoms with E-state index in [4.69, 9.17) is 5.73 Å². The average Bonchev–Trinajstić information content (AvgIpc) is 2.33. The molecule has 0 saturated carbocycles. The van der Waals surface area contributed by atoms with Crippen molar-refractivity contribution in [2.75, 3.05) is 0 Å². The summed E-state index contributed by atoms with van der Waals surface area (Å²) in [6.07, 6.45) is -2.54. The fraction of sp³-hybridized carbons (Fsp3) is 0.0833. The van der Waals surface area contributed by atoms with Crippen molar-refractivity contribution >= 4 is 11.8 Å². The van der Waals surface area contributed by atoms with E-state index in [0.29, 0.717) is 0 Å². The molecule has 0 bridgehead atoms. The maximum absolute atomic E-state index is 13.0. The summed E-state index contributed by atoms with van der Waals surface area (Å²) in [5, 5.41) is 2.28. The molecule has 0 spiro atoms. The number of aromatic nitrogens is 1. The number of hydrogen-bond donors (Lipinski definition) is 2. The SMILES string of the molecule is C=C1NC(F)=CC(N)=C1Sc1cccnc1C(F)(F)F. The molecule has 8 heteroatoms. The lowest BCUT2D eigenvalue weighted by atomic mass is 10.3. The molecule has 0 aliphatic carbocycles. The fourth-order valence-electron chi connectivity index (χ4n) is 1.53. The number of rotatable bonds is 2. The van der Waals surface area contributed by atoms with Crippen LogP contribution in [0.5, 0.6) is 0 Å². The highest BCUT2D eigenvalue weighted by Crippen LogP contribution is 2.40. The summed E-state index contributed by atoms with van der Waals surface area (Å²) in [5.74, 6) is -0.709. The van der Waals surface area contributed by atoms with Gasteiger partial charge < -0.3 is 11.1 Å². The molecule has 20 heavy (non-hydrogen) atoms. The highest BCUT2D eigenvalue weighted by atomic mass is 32.2. The van der Waals surface area contributed by atoms with E-state index in [2.05, 4.69) is 16.9 Å². The number of thioether (sulfide) groups is 1. The van der Waals surface area contributed by atoms with Gasteiger partial charge in [0.1, 0.15) is 0 Å². The zero-order valence-corrected chi connectivity index (χ0v) is 10.8. The van der Waals surface area contributed by atoms with Crippen molar-refractivity contribution in [2.24, 2.45) is 5.73 Å². The molecule has 3 nitrogen and oxygen atoms in total. The van der Waals surface area contributed by atoms with Gasteiger partial charge in [-0.25, -0.2) is 0 Å². The Morgan fingerprint density at radius 3 is 2.65 bits per heavy atom. The molecule has 106 valence electrons. The lowest BCUT2D eigenvalue weighted by Crippen LogP contribution is -2.18. The monoisotopic (exact) mass is 303 g/mol. The predicted octanol–water partition coefficient (Wildman–Crippen LogP) is 3.29. The van der Waals surface area contributed by atoms with Crippen LogP contribution in [0.2, 0.25) is 0 Å². The quantitative estimate of drug-likeness (QED) is 0.650. The van der Waals surface area contributed by atoms with E-state index in [0.717, 1.165) is 24.0 Å². The van der Waals surface area contributed by atoms with Crippen LogP contribution in [0, 0.1) is 0 Å². The van der Waals surface area contributed by atoms with Gasteiger partial charge in [-0.05, 0) is 12.1 Å². The number of halogens is 4. The van der Waals surface area contributed by atoms with E-state index in [1.54, 1.807) is 0 Å². The number of alkyl halides is 3. The van der Waals surface area contributed by atoms with Gasteiger partial charge in [0.25, 0.3) is 0 Å². The van der Waals surface area contributed by atoms with Crippen molar-refractivity contribution in [1.29, 1.82) is 0 Å². The molecule has 1 aromatic heterocycles. The molecule has 1 aliphatic rings. The van der Waals surface area contributed by atoms with Crippen LogP contribution in [0.1, 0.15) is 5.69 Å². The highest BCUT2D eigenvalue weighted by Gasteiger charge is 2.36. The molecular formula is C12H9F4N3S. The molecule has 0 amide bonds. The van der Waals surface area contributed by atoms with Crippen LogP contribution in [-0.4, -0.2) is 4.98 Å². The zero-order valence-electron chi connectivity index (χ0n) is 9.96. The minimum atomic E-state index is -4.58. The van der Waals surface area contributed by atoms with E-state index in [9.17, 15) is 17.6 Å². The third kappa shape index (κ3) is 2.96. The molecule has 0 fully saturated rings. The summed E-state index contributed by atoms with van der Waals surface area (Å²) < 4.78 is 51.5. The van der Waals surface area contributed by atoms with Gasteiger partial charge in [-0.15, -0.1) is 0 Å². The van der Waals surface area contributed by atoms with Crippen molar-refractivity contribution in [3.8, 4) is 0 Å². The molecule has 1 aromatic rings. The number of nitrogens with two attached hydrogens (primary N) is 1. The lowest BCUT2D eigenvalue weighted by molar-refractivity contribution is -0.143. The van der Waals surface area contributed by atoms with Gasteiger partial charge in [-0.3, -0.25) is 4.98 Å². The number of pyridine rings is 1. The molecule has 0 saturated heterocycles. The predicted molar refractivity (Wildman–Crippen MR) is 67.8 cm³/mol. The Morgan fingerprint density at radius 2 is 2.05 bits per heavy atom. The first-order valence-corrected chi connectivity index (χ1v) is 6.14. The Labute approximate surface area is 116 Å². The smallest absolute Gasteiger partial charge is 0.398 e. The summed E-state index contributed by atoms with van der Waals surface area (Å²) in [4.78, 5) is 3.43. The second kappa shape index (κ2) is 5.20. The van der Waals surface area contributed by atoms with Gasteiger partial charge in [0.05, 0.1) is 10.6 Å². The fourth-order valence-corrected chi connectivity index (χ4v) is 2.51. The highest BCUT2D eigenvalue weighted by molar-refractivity contribution is 8.03. The molecule has 0 atom stereocenters. The molecule has 0 unspecified atom stereocenters. The van der Waals surface area contributed by atoms with Crippen molar-refractivity contribution in [1.82, 2.24) is 10.3 Å². The zero-order chi connectivity index (χ0) is 14.9. The summed E-state index contributed by atoms with van der Waals surface area (Å²) in [6, 6.07) is 2.65. The Balaban J connectivity index is 2.41. The molecule has 0 radical (unpaired) electrons. The third-order valence-electron chi connectivity index (χ3n) is 2.34. The molecular weight excluding hydrogens is 294 g/mol. The first kappa shape index (κ1) is 14.4. The van der Waals surface area contributed by atoms with Gasteiger partial charge in [0, 0.05) is 22.9 Å². The number of hydrogen-bond acceptors (Lipinski definition) is 4. The van der Waals surface area contributed by atoms with E-state index >= 15 is 0 Å². The maximum atomic E-state index is 13.0. The summed E-state index contributed by atoms with van der Waals surface area (Å²) in [5.41, 5.74) is 4.70. The molecule has 3 N–H and O–H groups in total. The first-order chi connectivity index (χ1) is 9.29. The molecule has 1 aliphatic heterocycles. The van der Waals surface area contributed by atoms with Gasteiger partial charge in [0.15, 0.2) is 11.6 Å². The van der Waals surface area contributed by atoms with Gasteiger partial charge in [0.2, 0.25) is 0 Å². The standard InChI is InChI=1S/C12H9F4N3S/c1-6-10(7(17)5-9(13)19-6)20-8-3-2-4-18-11(8)12(14,15)16/h2-5,19H,1,17H2. The van der Waals surface area contributed by atoms with Crippen LogP contribution < -0.4 is 11.1 Å². The van der Waals surface area contributed by atoms with Crippen LogP contribution in [0.15, 0.2) is 58.1 Å². The minimum absolute atomic E-state index is 0.00762. The topological polar surface area (TPSA) is 50.9 Å². The molecule has 2 rings (SSSR count). The normalized spacial score (nSPS) is 16.0. The Bertz CT molecular complexity index is 619. The van der Waals surface area contributed by atoms with E-state index < -0.39 is 17.8 Å². The van der Waals surface area contributed by atoms with Crippen molar-refractivity contribution < 1.29 is 17.6 Å². The third-order valence-corrected chi connectivity index (χ3v) is 3.58. The van der Waals surface area contributed by atoms with E-state index in [-0.39, 0.29) is 21.2 Å². The maximum Gasteiger partial charge on any atom is 0.434 e. The average molecular weight is 303 g/mol. The largest absolute Gasteiger partial charge is 0.434 e. The van der Waals surface area contributed by atoms with Crippen molar-refractivity contribution in [2.45, 2.75) is 11.1 Å². The number of dihydropyridines is 1. The first-order valence-electron chi connectivity index (χ1n) is 5.32.